The van der Waals surface area contributed by atoms with Crippen molar-refractivity contribution in [3.63, 3.8) is 0 Å². The lowest BCUT2D eigenvalue weighted by Gasteiger charge is -2.17. The summed E-state index contributed by atoms with van der Waals surface area (Å²) in [6, 6.07) is 1.26. The van der Waals surface area contributed by atoms with Gasteiger partial charge in [0.2, 0.25) is 0 Å². The average molecular weight is 217 g/mol. The molecule has 4 nitrogen and oxygen atoms in total. The van der Waals surface area contributed by atoms with E-state index in [4.69, 9.17) is 11.6 Å². The van der Waals surface area contributed by atoms with Crippen LogP contribution in [-0.4, -0.2) is 20.3 Å². The highest BCUT2D eigenvalue weighted by Gasteiger charge is 2.12. The van der Waals surface area contributed by atoms with Gasteiger partial charge in [0, 0.05) is 12.6 Å². The molecule has 1 rings (SSSR count). The maximum atomic E-state index is 11.3. The minimum Gasteiger partial charge on any atom is -0.390 e. The van der Waals surface area contributed by atoms with Gasteiger partial charge in [-0.3, -0.25) is 9.36 Å². The molecule has 0 aliphatic carbocycles. The second-order valence-electron chi connectivity index (χ2n) is 3.81. The molecule has 1 heterocycles. The molecule has 0 fully saturated rings. The molecule has 78 valence electrons. The first-order chi connectivity index (χ1) is 6.38. The van der Waals surface area contributed by atoms with E-state index in [2.05, 4.69) is 4.98 Å². The minimum absolute atomic E-state index is 0.189. The fraction of sp³-hybridized carbons (Fsp3) is 0.556. The van der Waals surface area contributed by atoms with Crippen molar-refractivity contribution in [2.45, 2.75) is 32.4 Å². The largest absolute Gasteiger partial charge is 0.390 e. The molecule has 5 heteroatoms. The van der Waals surface area contributed by atoms with Crippen LogP contribution in [0.3, 0.4) is 0 Å². The number of aryl methyl sites for hydroxylation is 1. The molecule has 14 heavy (non-hydrogen) atoms. The van der Waals surface area contributed by atoms with E-state index in [1.807, 2.05) is 0 Å². The van der Waals surface area contributed by atoms with E-state index in [0.29, 0.717) is 13.0 Å². The SMILES string of the molecule is CC(C)(O)CCn1cnc(Cl)cc1=O. The van der Waals surface area contributed by atoms with Gasteiger partial charge in [0.15, 0.2) is 0 Å². The minimum atomic E-state index is -0.779. The Bertz CT molecular complexity index is 368. The quantitative estimate of drug-likeness (QED) is 0.769. The molecule has 0 spiro atoms. The van der Waals surface area contributed by atoms with Crippen LogP contribution in [0.15, 0.2) is 17.2 Å². The van der Waals surface area contributed by atoms with Crippen LogP contribution in [0.1, 0.15) is 20.3 Å². The van der Waals surface area contributed by atoms with Crippen molar-refractivity contribution in [1.29, 1.82) is 0 Å². The van der Waals surface area contributed by atoms with Gasteiger partial charge in [-0.1, -0.05) is 11.6 Å². The topological polar surface area (TPSA) is 55.1 Å². The lowest BCUT2D eigenvalue weighted by atomic mass is 10.1. The van der Waals surface area contributed by atoms with E-state index in [9.17, 15) is 9.90 Å². The van der Waals surface area contributed by atoms with Crippen LogP contribution in [0.2, 0.25) is 5.15 Å². The molecule has 0 saturated heterocycles. The Balaban J connectivity index is 2.74. The van der Waals surface area contributed by atoms with Crippen molar-refractivity contribution in [2.24, 2.45) is 0 Å². The van der Waals surface area contributed by atoms with E-state index < -0.39 is 5.60 Å². The van der Waals surface area contributed by atoms with Crippen LogP contribution in [-0.2, 0) is 6.54 Å². The van der Waals surface area contributed by atoms with Crippen molar-refractivity contribution < 1.29 is 5.11 Å². The van der Waals surface area contributed by atoms with Crippen LogP contribution in [0.5, 0.6) is 0 Å². The van der Waals surface area contributed by atoms with Crippen LogP contribution in [0, 0.1) is 0 Å². The zero-order valence-electron chi connectivity index (χ0n) is 8.20. The predicted molar refractivity (Wildman–Crippen MR) is 54.4 cm³/mol. The summed E-state index contributed by atoms with van der Waals surface area (Å²) in [6.45, 7) is 3.83. The van der Waals surface area contributed by atoms with Gasteiger partial charge in [0.05, 0.1) is 11.9 Å². The average Bonchev–Trinajstić information content (AvgIpc) is 2.00. The highest BCUT2D eigenvalue weighted by molar-refractivity contribution is 6.29. The van der Waals surface area contributed by atoms with Crippen molar-refractivity contribution in [3.8, 4) is 0 Å². The molecule has 0 aliphatic rings. The van der Waals surface area contributed by atoms with Crippen LogP contribution in [0.25, 0.3) is 0 Å². The molecule has 0 atom stereocenters. The number of rotatable bonds is 3. The summed E-state index contributed by atoms with van der Waals surface area (Å²) in [4.78, 5) is 15.1. The van der Waals surface area contributed by atoms with Gasteiger partial charge >= 0.3 is 0 Å². The number of halogens is 1. The highest BCUT2D eigenvalue weighted by atomic mass is 35.5. The number of nitrogens with zero attached hydrogens (tertiary/aromatic N) is 2. The summed E-state index contributed by atoms with van der Waals surface area (Å²) in [5, 5.41) is 9.65. The third kappa shape index (κ3) is 3.47. The Kier molecular flexibility index (Phi) is 3.29. The molecule has 0 unspecified atom stereocenters. The van der Waals surface area contributed by atoms with E-state index in [0.717, 1.165) is 0 Å². The zero-order valence-corrected chi connectivity index (χ0v) is 8.95. The summed E-state index contributed by atoms with van der Waals surface area (Å²) in [5.74, 6) is 0. The monoisotopic (exact) mass is 216 g/mol. The summed E-state index contributed by atoms with van der Waals surface area (Å²) >= 11 is 5.53. The van der Waals surface area contributed by atoms with Gasteiger partial charge in [-0.25, -0.2) is 4.98 Å². The Hall–Kier alpha value is -0.870. The zero-order chi connectivity index (χ0) is 10.8. The van der Waals surface area contributed by atoms with Crippen molar-refractivity contribution in [2.75, 3.05) is 0 Å². The molecular weight excluding hydrogens is 204 g/mol. The first kappa shape index (κ1) is 11.2. The highest BCUT2D eigenvalue weighted by Crippen LogP contribution is 2.07. The van der Waals surface area contributed by atoms with Gasteiger partial charge in [0.25, 0.3) is 5.56 Å². The molecular formula is C9H13ClN2O2. The van der Waals surface area contributed by atoms with Gasteiger partial charge in [-0.2, -0.15) is 0 Å². The second-order valence-corrected chi connectivity index (χ2v) is 4.19. The number of aliphatic hydroxyl groups is 1. The van der Waals surface area contributed by atoms with Crippen molar-refractivity contribution in [3.05, 3.63) is 27.9 Å². The smallest absolute Gasteiger partial charge is 0.254 e. The maximum Gasteiger partial charge on any atom is 0.254 e. The molecule has 1 aromatic heterocycles. The van der Waals surface area contributed by atoms with Crippen LogP contribution < -0.4 is 5.56 Å². The van der Waals surface area contributed by atoms with E-state index in [1.165, 1.54) is 17.0 Å². The van der Waals surface area contributed by atoms with E-state index in [1.54, 1.807) is 13.8 Å². The third-order valence-corrected chi connectivity index (χ3v) is 2.02. The Morgan fingerprint density at radius 1 is 1.64 bits per heavy atom. The number of hydrogen-bond donors (Lipinski definition) is 1. The molecule has 1 aromatic rings. The van der Waals surface area contributed by atoms with Crippen molar-refractivity contribution in [1.82, 2.24) is 9.55 Å². The lowest BCUT2D eigenvalue weighted by Crippen LogP contribution is -2.26. The molecule has 0 saturated carbocycles. The fourth-order valence-electron chi connectivity index (χ4n) is 0.966. The van der Waals surface area contributed by atoms with Gasteiger partial charge in [0.1, 0.15) is 5.15 Å². The van der Waals surface area contributed by atoms with Crippen LogP contribution >= 0.6 is 11.6 Å². The summed E-state index contributed by atoms with van der Waals surface area (Å²) in [6.07, 6.45) is 1.88. The van der Waals surface area contributed by atoms with Crippen molar-refractivity contribution >= 4 is 11.6 Å². The third-order valence-electron chi connectivity index (χ3n) is 1.81. The Morgan fingerprint density at radius 2 is 2.29 bits per heavy atom. The molecule has 1 N–H and O–H groups in total. The fourth-order valence-corrected chi connectivity index (χ4v) is 1.10. The van der Waals surface area contributed by atoms with E-state index in [-0.39, 0.29) is 10.7 Å². The molecule has 0 bridgehead atoms. The molecule has 0 aliphatic heterocycles. The predicted octanol–water partition coefficient (Wildman–Crippen LogP) is 1.06. The standard InChI is InChI=1S/C9H13ClN2O2/c1-9(2,14)3-4-12-6-11-7(10)5-8(12)13/h5-6,14H,3-4H2,1-2H3. The summed E-state index contributed by atoms with van der Waals surface area (Å²) in [5.41, 5.74) is -0.978. The van der Waals surface area contributed by atoms with Gasteiger partial charge < -0.3 is 5.11 Å². The Morgan fingerprint density at radius 3 is 2.79 bits per heavy atom. The molecule has 0 amide bonds. The van der Waals surface area contributed by atoms with Crippen LogP contribution in [0.4, 0.5) is 0 Å². The number of hydrogen-bond acceptors (Lipinski definition) is 3. The Labute approximate surface area is 87.2 Å². The first-order valence-electron chi connectivity index (χ1n) is 4.33. The second kappa shape index (κ2) is 4.11. The first-order valence-corrected chi connectivity index (χ1v) is 4.71. The van der Waals surface area contributed by atoms with E-state index >= 15 is 0 Å². The summed E-state index contributed by atoms with van der Waals surface area (Å²) < 4.78 is 1.42. The molecule has 0 radical (unpaired) electrons. The van der Waals surface area contributed by atoms with Gasteiger partial charge in [-0.15, -0.1) is 0 Å². The summed E-state index contributed by atoms with van der Waals surface area (Å²) in [7, 11) is 0. The molecule has 0 aromatic carbocycles. The number of aromatic nitrogens is 2. The van der Waals surface area contributed by atoms with Gasteiger partial charge in [-0.05, 0) is 20.3 Å². The maximum absolute atomic E-state index is 11.3. The lowest BCUT2D eigenvalue weighted by molar-refractivity contribution is 0.0658. The normalized spacial score (nSPS) is 11.7.